The van der Waals surface area contributed by atoms with Gasteiger partial charge < -0.3 is 26.3 Å². The van der Waals surface area contributed by atoms with Crippen molar-refractivity contribution in [1.82, 2.24) is 25.1 Å². The van der Waals surface area contributed by atoms with Crippen LogP contribution in [0, 0.1) is 17.0 Å². The van der Waals surface area contributed by atoms with Crippen LogP contribution in [0.3, 0.4) is 0 Å². The fraction of sp³-hybridized carbons (Fsp3) is 0.250. The van der Waals surface area contributed by atoms with Gasteiger partial charge >= 0.3 is 0 Å². The van der Waals surface area contributed by atoms with Gasteiger partial charge in [-0.3, -0.25) is 9.48 Å². The van der Waals surface area contributed by atoms with E-state index in [9.17, 15) is 9.18 Å². The number of benzene rings is 1. The fourth-order valence-electron chi connectivity index (χ4n) is 3.30. The number of hydrogen-bond acceptors (Lipinski definition) is 8. The summed E-state index contributed by atoms with van der Waals surface area (Å²) in [7, 11) is 1.77. The van der Waals surface area contributed by atoms with Gasteiger partial charge in [0.05, 0.1) is 29.7 Å². The molecule has 0 radical (unpaired) electrons. The molecule has 10 nitrogen and oxygen atoms in total. The molecule has 0 aliphatic carbocycles. The molecule has 3 aromatic rings. The summed E-state index contributed by atoms with van der Waals surface area (Å²) in [6.45, 7) is 0.671. The highest BCUT2D eigenvalue weighted by Crippen LogP contribution is 2.26. The summed E-state index contributed by atoms with van der Waals surface area (Å²) in [5, 5.41) is 20.4. The summed E-state index contributed by atoms with van der Waals surface area (Å²) >= 11 is 0. The molecule has 0 bridgehead atoms. The maximum atomic E-state index is 15.2. The van der Waals surface area contributed by atoms with E-state index < -0.39 is 11.6 Å². The lowest BCUT2D eigenvalue weighted by Crippen LogP contribution is -2.48. The van der Waals surface area contributed by atoms with Crippen molar-refractivity contribution >= 4 is 35.3 Å². The minimum absolute atomic E-state index is 0.0311. The van der Waals surface area contributed by atoms with E-state index in [0.29, 0.717) is 24.3 Å². The van der Waals surface area contributed by atoms with Crippen molar-refractivity contribution in [2.75, 3.05) is 35.2 Å². The maximum absolute atomic E-state index is 15.2. The molecule has 0 spiro atoms. The Labute approximate surface area is 182 Å². The van der Waals surface area contributed by atoms with Gasteiger partial charge in [0, 0.05) is 50.9 Å². The summed E-state index contributed by atoms with van der Waals surface area (Å²) in [6, 6.07) is 2.40. The molecule has 12 heteroatoms. The molecule has 1 amide bonds. The minimum Gasteiger partial charge on any atom is -0.365 e. The number of anilines is 4. The van der Waals surface area contributed by atoms with Gasteiger partial charge in [-0.05, 0) is 12.1 Å². The van der Waals surface area contributed by atoms with Crippen molar-refractivity contribution < 1.29 is 13.6 Å². The Bertz CT molecular complexity index is 1160. The van der Waals surface area contributed by atoms with Crippen molar-refractivity contribution in [2.24, 2.45) is 7.05 Å². The molecule has 166 valence electrons. The number of carbonyl (C=O) groups is 1. The number of nitrogens with zero attached hydrogens (tertiary/aromatic N) is 5. The minimum atomic E-state index is -0.813. The molecular formula is C20H21F2N9O. The van der Waals surface area contributed by atoms with Crippen molar-refractivity contribution in [3.63, 3.8) is 0 Å². The molecule has 0 saturated carbocycles. The quantitative estimate of drug-likeness (QED) is 0.412. The van der Waals surface area contributed by atoms with Gasteiger partial charge in [-0.1, -0.05) is 0 Å². The van der Waals surface area contributed by atoms with Crippen molar-refractivity contribution in [3.05, 3.63) is 53.5 Å². The van der Waals surface area contributed by atoms with E-state index in [0.717, 1.165) is 12.3 Å². The predicted octanol–water partition coefficient (Wildman–Crippen LogP) is 1.78. The fourth-order valence-corrected chi connectivity index (χ4v) is 3.30. The van der Waals surface area contributed by atoms with Crippen LogP contribution in [-0.4, -0.2) is 51.5 Å². The van der Waals surface area contributed by atoms with Gasteiger partial charge in [-0.2, -0.15) is 10.1 Å². The van der Waals surface area contributed by atoms with E-state index in [-0.39, 0.29) is 42.0 Å². The third-order valence-electron chi connectivity index (χ3n) is 4.91. The van der Waals surface area contributed by atoms with Gasteiger partial charge in [0.15, 0.2) is 5.82 Å². The first kappa shape index (κ1) is 21.3. The number of piperazine rings is 1. The average molecular weight is 441 g/mol. The number of aryl methyl sites for hydroxylation is 1. The molecule has 3 heterocycles. The second kappa shape index (κ2) is 9.06. The standard InChI is InChI=1S/C20H21F2N9O/c1-30-11-13(8-27-30)28-20-26-7-12(6-23)19(29-20)25-9-14-15(21)2-3-16(18(14)22)31-5-4-24-10-17(31)32/h2-3,6-8,11,23-24H,4-5,9-10H2,1H3,(H2,25,26,28,29). The SMILES string of the molecule is Cn1cc(Nc2ncc(C=N)c(NCc3c(F)ccc(N4CCNCC4=O)c3F)n2)cn1. The van der Waals surface area contributed by atoms with Crippen LogP contribution in [0.2, 0.25) is 0 Å². The van der Waals surface area contributed by atoms with Crippen LogP contribution < -0.4 is 20.9 Å². The van der Waals surface area contributed by atoms with Crippen LogP contribution in [0.25, 0.3) is 0 Å². The zero-order chi connectivity index (χ0) is 22.7. The number of rotatable bonds is 7. The predicted molar refractivity (Wildman–Crippen MR) is 115 cm³/mol. The van der Waals surface area contributed by atoms with Gasteiger partial charge in [0.25, 0.3) is 0 Å². The van der Waals surface area contributed by atoms with E-state index in [4.69, 9.17) is 5.41 Å². The van der Waals surface area contributed by atoms with Crippen LogP contribution in [0.5, 0.6) is 0 Å². The van der Waals surface area contributed by atoms with E-state index in [2.05, 4.69) is 31.0 Å². The van der Waals surface area contributed by atoms with Crippen LogP contribution in [0.1, 0.15) is 11.1 Å². The first-order valence-electron chi connectivity index (χ1n) is 9.81. The maximum Gasteiger partial charge on any atom is 0.241 e. The monoisotopic (exact) mass is 441 g/mol. The Morgan fingerprint density at radius 3 is 2.88 bits per heavy atom. The van der Waals surface area contributed by atoms with Crippen molar-refractivity contribution in [1.29, 1.82) is 5.41 Å². The van der Waals surface area contributed by atoms with Crippen LogP contribution >= 0.6 is 0 Å². The highest BCUT2D eigenvalue weighted by molar-refractivity contribution is 5.95. The molecule has 32 heavy (non-hydrogen) atoms. The number of aromatic nitrogens is 4. The summed E-state index contributed by atoms with van der Waals surface area (Å²) in [5.74, 6) is -1.39. The zero-order valence-corrected chi connectivity index (χ0v) is 17.2. The zero-order valence-electron chi connectivity index (χ0n) is 17.2. The number of halogens is 2. The lowest BCUT2D eigenvalue weighted by molar-refractivity contribution is -0.118. The molecule has 2 aromatic heterocycles. The number of carbonyl (C=O) groups excluding carboxylic acids is 1. The Balaban J connectivity index is 1.57. The van der Waals surface area contributed by atoms with Gasteiger partial charge in [0.2, 0.25) is 11.9 Å². The van der Waals surface area contributed by atoms with Crippen LogP contribution in [0.4, 0.5) is 31.9 Å². The Morgan fingerprint density at radius 2 is 2.16 bits per heavy atom. The van der Waals surface area contributed by atoms with E-state index in [1.54, 1.807) is 24.1 Å². The van der Waals surface area contributed by atoms with Crippen LogP contribution in [0.15, 0.2) is 30.7 Å². The molecule has 1 fully saturated rings. The summed E-state index contributed by atoms with van der Waals surface area (Å²) in [4.78, 5) is 21.9. The molecule has 1 aliphatic rings. The lowest BCUT2D eigenvalue weighted by Gasteiger charge is -2.28. The first-order chi connectivity index (χ1) is 15.5. The Morgan fingerprint density at radius 1 is 1.31 bits per heavy atom. The second-order valence-electron chi connectivity index (χ2n) is 7.10. The van der Waals surface area contributed by atoms with Crippen molar-refractivity contribution in [3.8, 4) is 0 Å². The molecule has 1 aliphatic heterocycles. The third-order valence-corrected chi connectivity index (χ3v) is 4.91. The number of nitrogens with one attached hydrogen (secondary N) is 4. The highest BCUT2D eigenvalue weighted by atomic mass is 19.1. The topological polar surface area (TPSA) is 124 Å². The summed E-state index contributed by atoms with van der Waals surface area (Å²) in [5.41, 5.74) is 0.802. The van der Waals surface area contributed by atoms with E-state index >= 15 is 4.39 Å². The molecule has 1 aromatic carbocycles. The average Bonchev–Trinajstić information content (AvgIpc) is 3.19. The Hall–Kier alpha value is -3.93. The van der Waals surface area contributed by atoms with Crippen LogP contribution in [-0.2, 0) is 18.4 Å². The number of amides is 1. The molecule has 0 atom stereocenters. The van der Waals surface area contributed by atoms with Gasteiger partial charge in [-0.15, -0.1) is 0 Å². The van der Waals surface area contributed by atoms with E-state index in [1.807, 2.05) is 0 Å². The molecule has 4 rings (SSSR count). The molecule has 1 saturated heterocycles. The highest BCUT2D eigenvalue weighted by Gasteiger charge is 2.25. The third kappa shape index (κ3) is 4.39. The molecule has 0 unspecified atom stereocenters. The second-order valence-corrected chi connectivity index (χ2v) is 7.10. The summed E-state index contributed by atoms with van der Waals surface area (Å²) in [6.07, 6.45) is 5.78. The molecule has 4 N–H and O–H groups in total. The van der Waals surface area contributed by atoms with Gasteiger partial charge in [-0.25, -0.2) is 13.8 Å². The largest absolute Gasteiger partial charge is 0.365 e. The normalized spacial score (nSPS) is 13.8. The van der Waals surface area contributed by atoms with Gasteiger partial charge in [0.1, 0.15) is 11.6 Å². The van der Waals surface area contributed by atoms with Crippen molar-refractivity contribution in [2.45, 2.75) is 6.54 Å². The lowest BCUT2D eigenvalue weighted by atomic mass is 10.1. The molecular weight excluding hydrogens is 420 g/mol. The Kier molecular flexibility index (Phi) is 6.03. The first-order valence-corrected chi connectivity index (χ1v) is 9.81. The summed E-state index contributed by atoms with van der Waals surface area (Å²) < 4.78 is 31.2. The smallest absolute Gasteiger partial charge is 0.241 e. The number of hydrogen-bond donors (Lipinski definition) is 4. The van der Waals surface area contributed by atoms with E-state index in [1.165, 1.54) is 17.2 Å².